The van der Waals surface area contributed by atoms with Crippen LogP contribution >= 0.6 is 45.8 Å². The van der Waals surface area contributed by atoms with Gasteiger partial charge in [-0.2, -0.15) is 0 Å². The summed E-state index contributed by atoms with van der Waals surface area (Å²) in [7, 11) is 0. The number of cyclic esters (lactones) is 1. The second kappa shape index (κ2) is 10.8. The average molecular weight is 612 g/mol. The molecule has 0 fully saturated rings. The fraction of sp³-hybridized carbons (Fsp3) is 0.120. The highest BCUT2D eigenvalue weighted by Crippen LogP contribution is 2.36. The Balaban J connectivity index is 1.63. The Hall–Kier alpha value is -2.62. The van der Waals surface area contributed by atoms with Crippen LogP contribution in [0.1, 0.15) is 23.6 Å². The molecule has 0 spiro atoms. The average Bonchev–Trinajstić information content (AvgIpc) is 3.14. The summed E-state index contributed by atoms with van der Waals surface area (Å²) in [4.78, 5) is 16.7. The van der Waals surface area contributed by atoms with Crippen molar-refractivity contribution in [3.63, 3.8) is 0 Å². The lowest BCUT2D eigenvalue weighted by atomic mass is 10.1. The molecule has 0 aromatic heterocycles. The van der Waals surface area contributed by atoms with Crippen LogP contribution < -0.4 is 9.47 Å². The van der Waals surface area contributed by atoms with E-state index in [0.29, 0.717) is 44.8 Å². The molecule has 0 unspecified atom stereocenters. The summed E-state index contributed by atoms with van der Waals surface area (Å²) in [6.07, 6.45) is 1.59. The summed E-state index contributed by atoms with van der Waals surface area (Å²) < 4.78 is 31.7. The summed E-state index contributed by atoms with van der Waals surface area (Å²) in [6, 6.07) is 14.8. The molecule has 3 aromatic rings. The van der Waals surface area contributed by atoms with Gasteiger partial charge < -0.3 is 14.2 Å². The maximum Gasteiger partial charge on any atom is 0.363 e. The second-order valence-corrected chi connectivity index (χ2v) is 9.11. The van der Waals surface area contributed by atoms with Gasteiger partial charge in [-0.3, -0.25) is 0 Å². The Morgan fingerprint density at radius 2 is 1.91 bits per heavy atom. The molecule has 0 bridgehead atoms. The van der Waals surface area contributed by atoms with Gasteiger partial charge in [-0.1, -0.05) is 41.4 Å². The van der Waals surface area contributed by atoms with Crippen LogP contribution in [0.4, 0.5) is 4.39 Å². The number of carbonyl (C=O) groups excluding carboxylic acids is 1. The van der Waals surface area contributed by atoms with E-state index in [4.69, 9.17) is 37.4 Å². The van der Waals surface area contributed by atoms with Crippen molar-refractivity contribution in [3.05, 3.63) is 96.4 Å². The molecule has 0 saturated carbocycles. The monoisotopic (exact) mass is 611 g/mol. The molecule has 5 nitrogen and oxygen atoms in total. The maximum absolute atomic E-state index is 14.0. The Bertz CT molecular complexity index is 1330. The van der Waals surface area contributed by atoms with Crippen molar-refractivity contribution in [2.24, 2.45) is 4.99 Å². The maximum atomic E-state index is 14.0. The number of halogens is 4. The second-order valence-electron chi connectivity index (χ2n) is 7.10. The molecule has 1 heterocycles. The van der Waals surface area contributed by atoms with Crippen LogP contribution in [-0.2, 0) is 16.1 Å². The molecular formula is C25H17Cl2FINO4. The summed E-state index contributed by atoms with van der Waals surface area (Å²) >= 11 is 14.3. The summed E-state index contributed by atoms with van der Waals surface area (Å²) in [5.74, 6) is 0.107. The lowest BCUT2D eigenvalue weighted by molar-refractivity contribution is -0.129. The number of nitrogens with zero attached hydrogens (tertiary/aromatic N) is 1. The molecule has 34 heavy (non-hydrogen) atoms. The van der Waals surface area contributed by atoms with Crippen molar-refractivity contribution in [2.45, 2.75) is 13.5 Å². The van der Waals surface area contributed by atoms with E-state index in [-0.39, 0.29) is 24.0 Å². The minimum Gasteiger partial charge on any atom is -0.490 e. The van der Waals surface area contributed by atoms with Crippen LogP contribution in [0.15, 0.2) is 65.3 Å². The minimum absolute atomic E-state index is 0.0466. The Kier molecular flexibility index (Phi) is 7.75. The van der Waals surface area contributed by atoms with Gasteiger partial charge in [-0.15, -0.1) is 0 Å². The first-order valence-electron chi connectivity index (χ1n) is 10.2. The van der Waals surface area contributed by atoms with Crippen LogP contribution in [0.25, 0.3) is 6.08 Å². The van der Waals surface area contributed by atoms with Crippen molar-refractivity contribution in [2.75, 3.05) is 6.61 Å². The zero-order valence-electron chi connectivity index (χ0n) is 17.8. The number of rotatable bonds is 7. The normalized spacial score (nSPS) is 14.2. The highest BCUT2D eigenvalue weighted by Gasteiger charge is 2.26. The molecule has 0 saturated heterocycles. The van der Waals surface area contributed by atoms with Gasteiger partial charge in [0.2, 0.25) is 5.90 Å². The Labute approximate surface area is 219 Å². The Morgan fingerprint density at radius 1 is 1.12 bits per heavy atom. The molecule has 1 aliphatic heterocycles. The zero-order chi connectivity index (χ0) is 24.2. The molecule has 4 rings (SSSR count). The predicted octanol–water partition coefficient (Wildman–Crippen LogP) is 7.06. The van der Waals surface area contributed by atoms with E-state index in [9.17, 15) is 9.18 Å². The van der Waals surface area contributed by atoms with Gasteiger partial charge in [0.1, 0.15) is 12.4 Å². The van der Waals surface area contributed by atoms with Crippen molar-refractivity contribution >= 4 is 63.7 Å². The summed E-state index contributed by atoms with van der Waals surface area (Å²) in [5.41, 5.74) is 1.66. The van der Waals surface area contributed by atoms with Crippen LogP contribution in [0.2, 0.25) is 10.0 Å². The van der Waals surface area contributed by atoms with E-state index in [1.54, 1.807) is 48.5 Å². The first-order valence-corrected chi connectivity index (χ1v) is 12.0. The van der Waals surface area contributed by atoms with Crippen LogP contribution in [0.3, 0.4) is 0 Å². The van der Waals surface area contributed by atoms with E-state index in [1.807, 2.05) is 13.0 Å². The van der Waals surface area contributed by atoms with Gasteiger partial charge in [0.05, 0.1) is 20.8 Å². The summed E-state index contributed by atoms with van der Waals surface area (Å²) in [5, 5.41) is 0.787. The molecule has 1 aliphatic rings. The molecule has 174 valence electrons. The lowest BCUT2D eigenvalue weighted by Crippen LogP contribution is -2.06. The molecule has 0 atom stereocenters. The molecule has 0 aliphatic carbocycles. The van der Waals surface area contributed by atoms with Gasteiger partial charge in [0.15, 0.2) is 17.2 Å². The third kappa shape index (κ3) is 5.54. The van der Waals surface area contributed by atoms with Gasteiger partial charge in [0, 0.05) is 10.6 Å². The molecular weight excluding hydrogens is 595 g/mol. The lowest BCUT2D eigenvalue weighted by Gasteiger charge is -2.15. The number of hydrogen-bond donors (Lipinski definition) is 0. The van der Waals surface area contributed by atoms with Crippen molar-refractivity contribution in [3.8, 4) is 11.5 Å². The van der Waals surface area contributed by atoms with Crippen LogP contribution in [0.5, 0.6) is 11.5 Å². The van der Waals surface area contributed by atoms with Crippen LogP contribution in [-0.4, -0.2) is 18.5 Å². The fourth-order valence-electron chi connectivity index (χ4n) is 3.18. The zero-order valence-corrected chi connectivity index (χ0v) is 21.4. The number of esters is 1. The fourth-order valence-corrected chi connectivity index (χ4v) is 4.46. The van der Waals surface area contributed by atoms with Gasteiger partial charge in [-0.05, 0) is 77.6 Å². The topological polar surface area (TPSA) is 57.1 Å². The number of carbonyl (C=O) groups is 1. The number of hydrogen-bond acceptors (Lipinski definition) is 5. The van der Waals surface area contributed by atoms with Crippen molar-refractivity contribution in [1.29, 1.82) is 0 Å². The number of benzene rings is 3. The molecule has 9 heteroatoms. The summed E-state index contributed by atoms with van der Waals surface area (Å²) in [6.45, 7) is 2.29. The van der Waals surface area contributed by atoms with Crippen molar-refractivity contribution in [1.82, 2.24) is 0 Å². The molecule has 0 radical (unpaired) electrons. The van der Waals surface area contributed by atoms with E-state index in [1.165, 1.54) is 6.07 Å². The number of ether oxygens (including phenoxy) is 3. The van der Waals surface area contributed by atoms with E-state index in [2.05, 4.69) is 27.6 Å². The standard InChI is InChI=1S/C25H17Cl2FINO4/c1-2-32-22-11-14(9-20(29)23(22)33-13-15-5-3-4-6-19(15)28)10-21-25(31)34-24(30-21)17-8-7-16(26)12-18(17)27/h3-12H,2,13H2,1H3/b21-10-. The quantitative estimate of drug-likeness (QED) is 0.163. The SMILES string of the molecule is CCOc1cc(/C=C2\N=C(c3ccc(Cl)cc3Cl)OC2=O)cc(I)c1OCc1ccccc1F. The minimum atomic E-state index is -0.603. The molecule has 0 amide bonds. The van der Waals surface area contributed by atoms with E-state index in [0.717, 1.165) is 3.57 Å². The molecule has 0 N–H and O–H groups in total. The van der Waals surface area contributed by atoms with Gasteiger partial charge >= 0.3 is 5.97 Å². The molecule has 3 aromatic carbocycles. The van der Waals surface area contributed by atoms with Crippen LogP contribution in [0, 0.1) is 9.39 Å². The first kappa shape index (κ1) is 24.5. The van der Waals surface area contributed by atoms with Gasteiger partial charge in [0.25, 0.3) is 0 Å². The third-order valence-corrected chi connectivity index (χ3v) is 6.10. The highest BCUT2D eigenvalue weighted by molar-refractivity contribution is 14.1. The number of aliphatic imine (C=N–C) groups is 1. The first-order chi connectivity index (χ1) is 16.4. The highest BCUT2D eigenvalue weighted by atomic mass is 127. The van der Waals surface area contributed by atoms with E-state index < -0.39 is 5.97 Å². The van der Waals surface area contributed by atoms with E-state index >= 15 is 0 Å². The van der Waals surface area contributed by atoms with Crippen molar-refractivity contribution < 1.29 is 23.4 Å². The predicted molar refractivity (Wildman–Crippen MR) is 138 cm³/mol. The van der Waals surface area contributed by atoms with Gasteiger partial charge in [-0.25, -0.2) is 14.2 Å². The largest absolute Gasteiger partial charge is 0.490 e. The third-order valence-electron chi connectivity index (χ3n) is 4.75. The Morgan fingerprint density at radius 3 is 2.65 bits per heavy atom. The smallest absolute Gasteiger partial charge is 0.363 e.